The van der Waals surface area contributed by atoms with Crippen LogP contribution >= 0.6 is 0 Å². The fraction of sp³-hybridized carbons (Fsp3) is 0.320. The molecule has 2 aromatic rings. The molecule has 2 saturated heterocycles. The lowest BCUT2D eigenvalue weighted by molar-refractivity contribution is -0.136. The Morgan fingerprint density at radius 1 is 1.00 bits per heavy atom. The molecule has 3 heterocycles. The quantitative estimate of drug-likeness (QED) is 0.446. The van der Waals surface area contributed by atoms with Gasteiger partial charge >= 0.3 is 0 Å². The van der Waals surface area contributed by atoms with Crippen LogP contribution in [0.2, 0.25) is 0 Å². The maximum atomic E-state index is 13.0. The number of ether oxygens (including phenoxy) is 1. The van der Waals surface area contributed by atoms with Crippen molar-refractivity contribution in [1.29, 1.82) is 0 Å². The summed E-state index contributed by atoms with van der Waals surface area (Å²) in [5.74, 6) is -2.22. The number of anilines is 1. The molecule has 3 aliphatic rings. The number of piperidine rings is 1. The highest BCUT2D eigenvalue weighted by atomic mass is 16.5. The molecule has 0 saturated carbocycles. The van der Waals surface area contributed by atoms with Gasteiger partial charge in [-0.3, -0.25) is 34.2 Å². The van der Waals surface area contributed by atoms with Gasteiger partial charge in [0, 0.05) is 37.3 Å². The van der Waals surface area contributed by atoms with Crippen LogP contribution in [0, 0.1) is 0 Å². The van der Waals surface area contributed by atoms with E-state index in [4.69, 9.17) is 4.74 Å². The highest BCUT2D eigenvalue weighted by Crippen LogP contribution is 2.32. The molecular formula is C25H24N4O6. The average molecular weight is 476 g/mol. The van der Waals surface area contributed by atoms with Gasteiger partial charge in [-0.05, 0) is 36.8 Å². The molecule has 10 heteroatoms. The van der Waals surface area contributed by atoms with Crippen LogP contribution in [-0.4, -0.2) is 72.8 Å². The number of nitrogens with zero attached hydrogens (tertiary/aromatic N) is 2. The van der Waals surface area contributed by atoms with Crippen LogP contribution in [-0.2, 0) is 14.3 Å². The van der Waals surface area contributed by atoms with Gasteiger partial charge in [-0.15, -0.1) is 0 Å². The third kappa shape index (κ3) is 4.40. The Bertz CT molecular complexity index is 1210. The zero-order valence-electron chi connectivity index (χ0n) is 18.9. The Kier molecular flexibility index (Phi) is 6.04. The minimum absolute atomic E-state index is 0.00538. The van der Waals surface area contributed by atoms with Crippen LogP contribution < -0.4 is 15.5 Å². The molecule has 1 atom stereocenters. The minimum atomic E-state index is -0.979. The van der Waals surface area contributed by atoms with Crippen molar-refractivity contribution in [2.45, 2.75) is 25.0 Å². The van der Waals surface area contributed by atoms with Crippen molar-refractivity contribution in [3.8, 4) is 0 Å². The normalized spacial score (nSPS) is 19.9. The van der Waals surface area contributed by atoms with E-state index in [1.807, 2.05) is 23.1 Å². The predicted molar refractivity (Wildman–Crippen MR) is 124 cm³/mol. The summed E-state index contributed by atoms with van der Waals surface area (Å²) in [5, 5.41) is 5.01. The van der Waals surface area contributed by atoms with Gasteiger partial charge in [0.2, 0.25) is 11.8 Å². The first kappa shape index (κ1) is 22.7. The molecule has 2 aromatic carbocycles. The van der Waals surface area contributed by atoms with Gasteiger partial charge in [0.1, 0.15) is 6.04 Å². The molecule has 5 amide bonds. The zero-order valence-corrected chi connectivity index (χ0v) is 18.9. The standard InChI is InChI=1S/C25H24N4O6/c30-21-9-8-20(23(32)27-21)29-24(33)18-7-6-16(12-19(18)25(29)34)28-13-17(14-28)35-11-10-26-22(31)15-4-2-1-3-5-15/h1-7,12,17,20H,8-11,13-14H2,(H,26,31)(H,27,30,32). The molecule has 2 fully saturated rings. The second-order valence-electron chi connectivity index (χ2n) is 8.70. The molecule has 0 bridgehead atoms. The molecule has 0 spiro atoms. The summed E-state index contributed by atoms with van der Waals surface area (Å²) in [6.45, 7) is 2.01. The maximum absolute atomic E-state index is 13.0. The van der Waals surface area contributed by atoms with E-state index in [1.165, 1.54) is 0 Å². The van der Waals surface area contributed by atoms with Gasteiger partial charge < -0.3 is 15.0 Å². The highest BCUT2D eigenvalue weighted by Gasteiger charge is 2.45. The van der Waals surface area contributed by atoms with Crippen molar-refractivity contribution < 1.29 is 28.7 Å². The topological polar surface area (TPSA) is 125 Å². The summed E-state index contributed by atoms with van der Waals surface area (Å²) in [7, 11) is 0. The van der Waals surface area contributed by atoms with Crippen molar-refractivity contribution in [3.05, 3.63) is 65.2 Å². The number of benzene rings is 2. The fourth-order valence-electron chi connectivity index (χ4n) is 4.49. The summed E-state index contributed by atoms with van der Waals surface area (Å²) in [4.78, 5) is 64.4. The summed E-state index contributed by atoms with van der Waals surface area (Å²) in [6, 6.07) is 13.0. The number of carbonyl (C=O) groups excluding carboxylic acids is 5. The number of carbonyl (C=O) groups is 5. The Hall–Kier alpha value is -4.05. The summed E-state index contributed by atoms with van der Waals surface area (Å²) >= 11 is 0. The molecule has 0 aliphatic carbocycles. The van der Waals surface area contributed by atoms with Gasteiger partial charge in [0.25, 0.3) is 17.7 Å². The van der Waals surface area contributed by atoms with E-state index >= 15 is 0 Å². The maximum Gasteiger partial charge on any atom is 0.262 e. The lowest BCUT2D eigenvalue weighted by Crippen LogP contribution is -2.54. The van der Waals surface area contributed by atoms with Gasteiger partial charge in [-0.2, -0.15) is 0 Å². The van der Waals surface area contributed by atoms with Crippen LogP contribution in [0.5, 0.6) is 0 Å². The highest BCUT2D eigenvalue weighted by molar-refractivity contribution is 6.23. The number of rotatable bonds is 7. The third-order valence-electron chi connectivity index (χ3n) is 6.41. The molecule has 1 unspecified atom stereocenters. The number of amides is 5. The first-order chi connectivity index (χ1) is 16.9. The second kappa shape index (κ2) is 9.30. The van der Waals surface area contributed by atoms with Gasteiger partial charge in [0.05, 0.1) is 23.8 Å². The molecule has 180 valence electrons. The van der Waals surface area contributed by atoms with Crippen LogP contribution in [0.1, 0.15) is 43.9 Å². The molecular weight excluding hydrogens is 452 g/mol. The largest absolute Gasteiger partial charge is 0.373 e. The Morgan fingerprint density at radius 3 is 2.49 bits per heavy atom. The third-order valence-corrected chi connectivity index (χ3v) is 6.41. The predicted octanol–water partition coefficient (Wildman–Crippen LogP) is 0.723. The first-order valence-electron chi connectivity index (χ1n) is 11.5. The molecule has 2 N–H and O–H groups in total. The number of hydrogen-bond acceptors (Lipinski definition) is 7. The minimum Gasteiger partial charge on any atom is -0.373 e. The van der Waals surface area contributed by atoms with E-state index in [9.17, 15) is 24.0 Å². The van der Waals surface area contributed by atoms with E-state index in [0.717, 1.165) is 10.6 Å². The second-order valence-corrected chi connectivity index (χ2v) is 8.70. The van der Waals surface area contributed by atoms with Gasteiger partial charge in [-0.25, -0.2) is 0 Å². The average Bonchev–Trinajstić information content (AvgIpc) is 3.07. The lowest BCUT2D eigenvalue weighted by atomic mass is 10.0. The van der Waals surface area contributed by atoms with E-state index in [1.54, 1.807) is 30.3 Å². The number of imide groups is 2. The molecule has 3 aliphatic heterocycles. The van der Waals surface area contributed by atoms with Gasteiger partial charge in [-0.1, -0.05) is 18.2 Å². The van der Waals surface area contributed by atoms with Crippen molar-refractivity contribution in [3.63, 3.8) is 0 Å². The summed E-state index contributed by atoms with van der Waals surface area (Å²) in [5.41, 5.74) is 1.89. The van der Waals surface area contributed by atoms with E-state index in [-0.39, 0.29) is 36.0 Å². The summed E-state index contributed by atoms with van der Waals surface area (Å²) < 4.78 is 5.81. The van der Waals surface area contributed by atoms with Crippen LogP contribution in [0.15, 0.2) is 48.5 Å². The molecule has 35 heavy (non-hydrogen) atoms. The van der Waals surface area contributed by atoms with E-state index in [0.29, 0.717) is 31.8 Å². The number of fused-ring (bicyclic) bond motifs is 1. The van der Waals surface area contributed by atoms with Crippen molar-refractivity contribution in [1.82, 2.24) is 15.5 Å². The fourth-order valence-corrected chi connectivity index (χ4v) is 4.49. The lowest BCUT2D eigenvalue weighted by Gasteiger charge is -2.40. The zero-order chi connectivity index (χ0) is 24.5. The SMILES string of the molecule is O=C1CCC(N2C(=O)c3ccc(N4CC(OCCNC(=O)c5ccccc5)C4)cc3C2=O)C(=O)N1. The molecule has 0 aromatic heterocycles. The van der Waals surface area contributed by atoms with Crippen molar-refractivity contribution >= 4 is 35.2 Å². The number of nitrogens with one attached hydrogen (secondary N) is 2. The smallest absolute Gasteiger partial charge is 0.262 e. The monoisotopic (exact) mass is 476 g/mol. The van der Waals surface area contributed by atoms with Crippen LogP contribution in [0.25, 0.3) is 0 Å². The van der Waals surface area contributed by atoms with E-state index < -0.39 is 29.7 Å². The Balaban J connectivity index is 1.13. The van der Waals surface area contributed by atoms with Crippen LogP contribution in [0.3, 0.4) is 0 Å². The van der Waals surface area contributed by atoms with Crippen molar-refractivity contribution in [2.24, 2.45) is 0 Å². The summed E-state index contributed by atoms with van der Waals surface area (Å²) in [6.07, 6.45) is 0.203. The van der Waals surface area contributed by atoms with Crippen molar-refractivity contribution in [2.75, 3.05) is 31.1 Å². The molecule has 0 radical (unpaired) electrons. The van der Waals surface area contributed by atoms with Crippen LogP contribution in [0.4, 0.5) is 5.69 Å². The Labute approximate surface area is 201 Å². The first-order valence-corrected chi connectivity index (χ1v) is 11.5. The molecule has 5 rings (SSSR count). The van der Waals surface area contributed by atoms with Gasteiger partial charge in [0.15, 0.2) is 0 Å². The number of hydrogen-bond donors (Lipinski definition) is 2. The Morgan fingerprint density at radius 2 is 1.74 bits per heavy atom. The molecule has 10 nitrogen and oxygen atoms in total. The van der Waals surface area contributed by atoms with E-state index in [2.05, 4.69) is 10.6 Å².